The van der Waals surface area contributed by atoms with Gasteiger partial charge in [0, 0.05) is 36.0 Å². The van der Waals surface area contributed by atoms with Gasteiger partial charge in [0.15, 0.2) is 0 Å². The van der Waals surface area contributed by atoms with Crippen molar-refractivity contribution >= 4 is 11.3 Å². The van der Waals surface area contributed by atoms with E-state index in [1.54, 1.807) is 7.11 Å². The lowest BCUT2D eigenvalue weighted by Crippen LogP contribution is -2.33. The fraction of sp³-hybridized carbons (Fsp3) is 0.692. The SMILES string of the molecule is COCCN1CCC(N)C1c1cc(C)sc1C. The summed E-state index contributed by atoms with van der Waals surface area (Å²) >= 11 is 1.87. The summed E-state index contributed by atoms with van der Waals surface area (Å²) in [6.45, 7) is 7.21. The van der Waals surface area contributed by atoms with Crippen molar-refractivity contribution in [2.45, 2.75) is 32.4 Å². The zero-order valence-corrected chi connectivity index (χ0v) is 11.7. The van der Waals surface area contributed by atoms with Gasteiger partial charge in [-0.05, 0) is 31.9 Å². The molecular formula is C13H22N2OS. The molecule has 0 bridgehead atoms. The Bertz CT molecular complexity index is 377. The molecule has 1 aromatic rings. The molecule has 2 heterocycles. The Labute approximate surface area is 108 Å². The van der Waals surface area contributed by atoms with E-state index in [0.29, 0.717) is 6.04 Å². The second-order valence-corrected chi connectivity index (χ2v) is 6.26. The molecule has 0 spiro atoms. The molecule has 1 aromatic heterocycles. The number of hydrogen-bond donors (Lipinski definition) is 1. The Kier molecular flexibility index (Phi) is 4.20. The molecule has 0 aliphatic carbocycles. The summed E-state index contributed by atoms with van der Waals surface area (Å²) in [5.41, 5.74) is 7.70. The van der Waals surface area contributed by atoms with Crippen molar-refractivity contribution in [3.8, 4) is 0 Å². The maximum atomic E-state index is 6.27. The fourth-order valence-corrected chi connectivity index (χ4v) is 3.68. The van der Waals surface area contributed by atoms with Crippen LogP contribution in [0.4, 0.5) is 0 Å². The lowest BCUT2D eigenvalue weighted by Gasteiger charge is -2.26. The van der Waals surface area contributed by atoms with Gasteiger partial charge in [0.2, 0.25) is 0 Å². The smallest absolute Gasteiger partial charge is 0.0589 e. The molecule has 17 heavy (non-hydrogen) atoms. The second kappa shape index (κ2) is 5.48. The molecule has 2 N–H and O–H groups in total. The third-order valence-corrected chi connectivity index (χ3v) is 4.51. The topological polar surface area (TPSA) is 38.5 Å². The van der Waals surface area contributed by atoms with Crippen molar-refractivity contribution in [3.05, 3.63) is 21.4 Å². The van der Waals surface area contributed by atoms with Crippen molar-refractivity contribution in [2.24, 2.45) is 5.73 Å². The van der Waals surface area contributed by atoms with Gasteiger partial charge in [-0.15, -0.1) is 11.3 Å². The summed E-state index contributed by atoms with van der Waals surface area (Å²) < 4.78 is 5.18. The molecule has 2 rings (SSSR count). The Morgan fingerprint density at radius 1 is 1.53 bits per heavy atom. The zero-order chi connectivity index (χ0) is 12.4. The first kappa shape index (κ1) is 13.0. The van der Waals surface area contributed by atoms with Gasteiger partial charge < -0.3 is 10.5 Å². The predicted octanol–water partition coefficient (Wildman–Crippen LogP) is 2.09. The summed E-state index contributed by atoms with van der Waals surface area (Å²) in [5.74, 6) is 0. The number of nitrogens with two attached hydrogens (primary N) is 1. The second-order valence-electron chi connectivity index (χ2n) is 4.79. The minimum absolute atomic E-state index is 0.263. The molecule has 96 valence electrons. The molecule has 0 amide bonds. The van der Waals surface area contributed by atoms with Crippen LogP contribution in [0.1, 0.15) is 27.8 Å². The normalized spacial score (nSPS) is 25.6. The van der Waals surface area contributed by atoms with Crippen LogP contribution in [0.15, 0.2) is 6.07 Å². The van der Waals surface area contributed by atoms with Gasteiger partial charge in [0.05, 0.1) is 12.6 Å². The molecule has 1 fully saturated rings. The quantitative estimate of drug-likeness (QED) is 0.894. The van der Waals surface area contributed by atoms with Crippen LogP contribution in [0.25, 0.3) is 0 Å². The number of thiophene rings is 1. The molecular weight excluding hydrogens is 232 g/mol. The first-order valence-corrected chi connectivity index (χ1v) is 7.00. The Morgan fingerprint density at radius 3 is 2.88 bits per heavy atom. The lowest BCUT2D eigenvalue weighted by molar-refractivity contribution is 0.139. The standard InChI is InChI=1S/C13H22N2OS/c1-9-8-11(10(2)17-9)13-12(14)4-5-15(13)6-7-16-3/h8,12-13H,4-7,14H2,1-3H3. The molecule has 0 aromatic carbocycles. The van der Waals surface area contributed by atoms with Crippen LogP contribution in [0.3, 0.4) is 0 Å². The summed E-state index contributed by atoms with van der Waals surface area (Å²) in [4.78, 5) is 5.25. The molecule has 4 heteroatoms. The van der Waals surface area contributed by atoms with Gasteiger partial charge in [0.25, 0.3) is 0 Å². The van der Waals surface area contributed by atoms with E-state index in [0.717, 1.165) is 26.1 Å². The van der Waals surface area contributed by atoms with Crippen molar-refractivity contribution in [1.82, 2.24) is 4.90 Å². The third kappa shape index (κ3) is 2.71. The lowest BCUT2D eigenvalue weighted by atomic mass is 10.0. The van der Waals surface area contributed by atoms with Gasteiger partial charge in [-0.1, -0.05) is 0 Å². The van der Waals surface area contributed by atoms with Gasteiger partial charge in [0.1, 0.15) is 0 Å². The van der Waals surface area contributed by atoms with E-state index in [2.05, 4.69) is 24.8 Å². The van der Waals surface area contributed by atoms with E-state index in [4.69, 9.17) is 10.5 Å². The first-order valence-electron chi connectivity index (χ1n) is 6.19. The maximum absolute atomic E-state index is 6.27. The highest BCUT2D eigenvalue weighted by Crippen LogP contribution is 2.36. The average Bonchev–Trinajstić information content (AvgIpc) is 2.79. The number of rotatable bonds is 4. The van der Waals surface area contributed by atoms with Crippen LogP contribution in [0.5, 0.6) is 0 Å². The van der Waals surface area contributed by atoms with Gasteiger partial charge in [-0.2, -0.15) is 0 Å². The van der Waals surface area contributed by atoms with Gasteiger partial charge in [-0.25, -0.2) is 0 Å². The maximum Gasteiger partial charge on any atom is 0.0589 e. The molecule has 3 nitrogen and oxygen atoms in total. The third-order valence-electron chi connectivity index (χ3n) is 3.53. The van der Waals surface area contributed by atoms with E-state index >= 15 is 0 Å². The Balaban J connectivity index is 2.18. The molecule has 1 aliphatic heterocycles. The molecule has 0 saturated carbocycles. The van der Waals surface area contributed by atoms with Crippen LogP contribution in [-0.2, 0) is 4.74 Å². The van der Waals surface area contributed by atoms with E-state index in [1.807, 2.05) is 11.3 Å². The van der Waals surface area contributed by atoms with E-state index < -0.39 is 0 Å². The number of likely N-dealkylation sites (tertiary alicyclic amines) is 1. The highest BCUT2D eigenvalue weighted by molar-refractivity contribution is 7.12. The van der Waals surface area contributed by atoms with E-state index in [1.165, 1.54) is 15.3 Å². The predicted molar refractivity (Wildman–Crippen MR) is 72.6 cm³/mol. The molecule has 1 saturated heterocycles. The largest absolute Gasteiger partial charge is 0.383 e. The van der Waals surface area contributed by atoms with Crippen LogP contribution in [-0.4, -0.2) is 37.7 Å². The van der Waals surface area contributed by atoms with Crippen LogP contribution < -0.4 is 5.73 Å². The van der Waals surface area contributed by atoms with Crippen LogP contribution >= 0.6 is 11.3 Å². The van der Waals surface area contributed by atoms with Crippen molar-refractivity contribution < 1.29 is 4.74 Å². The summed E-state index contributed by atoms with van der Waals surface area (Å²) in [7, 11) is 1.75. The van der Waals surface area contributed by atoms with Crippen molar-refractivity contribution in [1.29, 1.82) is 0 Å². The minimum Gasteiger partial charge on any atom is -0.383 e. The van der Waals surface area contributed by atoms with Crippen LogP contribution in [0.2, 0.25) is 0 Å². The monoisotopic (exact) mass is 254 g/mol. The fourth-order valence-electron chi connectivity index (χ4n) is 2.71. The first-order chi connectivity index (χ1) is 8.13. The molecule has 1 aliphatic rings. The van der Waals surface area contributed by atoms with E-state index in [-0.39, 0.29) is 6.04 Å². The number of methoxy groups -OCH3 is 1. The summed E-state index contributed by atoms with van der Waals surface area (Å²) in [6.07, 6.45) is 1.09. The number of hydrogen-bond acceptors (Lipinski definition) is 4. The summed E-state index contributed by atoms with van der Waals surface area (Å²) in [5, 5.41) is 0. The molecule has 0 radical (unpaired) electrons. The Morgan fingerprint density at radius 2 is 2.29 bits per heavy atom. The number of aryl methyl sites for hydroxylation is 2. The average molecular weight is 254 g/mol. The van der Waals surface area contributed by atoms with E-state index in [9.17, 15) is 0 Å². The van der Waals surface area contributed by atoms with Gasteiger partial charge in [-0.3, -0.25) is 4.90 Å². The van der Waals surface area contributed by atoms with Crippen molar-refractivity contribution in [2.75, 3.05) is 26.8 Å². The zero-order valence-electron chi connectivity index (χ0n) is 10.9. The molecule has 2 atom stereocenters. The van der Waals surface area contributed by atoms with Crippen molar-refractivity contribution in [3.63, 3.8) is 0 Å². The number of nitrogens with zero attached hydrogens (tertiary/aromatic N) is 1. The highest BCUT2D eigenvalue weighted by atomic mass is 32.1. The Hall–Kier alpha value is -0.420. The molecule has 2 unspecified atom stereocenters. The summed E-state index contributed by atoms with van der Waals surface area (Å²) in [6, 6.07) is 2.95. The van der Waals surface area contributed by atoms with Gasteiger partial charge >= 0.3 is 0 Å². The number of ether oxygens (including phenoxy) is 1. The highest BCUT2D eigenvalue weighted by Gasteiger charge is 2.33. The minimum atomic E-state index is 0.263. The van der Waals surface area contributed by atoms with Crippen LogP contribution in [0, 0.1) is 13.8 Å².